The molecule has 4 N–H and O–H groups in total. The maximum Gasteiger partial charge on any atom is 0.230 e. The molecule has 0 fully saturated rings. The lowest BCUT2D eigenvalue weighted by Gasteiger charge is -2.31. The number of phenols is 1. The number of rotatable bonds is 9. The molecular weight excluding hydrogens is 452 g/mol. The number of amides is 1. The number of aliphatic hydroxyl groups is 2. The second-order valence-corrected chi connectivity index (χ2v) is 9.82. The lowest BCUT2D eigenvalue weighted by atomic mass is 9.94. The largest absolute Gasteiger partial charge is 0.508 e. The predicted molar refractivity (Wildman–Crippen MR) is 141 cm³/mol. The van der Waals surface area contributed by atoms with Crippen LogP contribution >= 0.6 is 0 Å². The van der Waals surface area contributed by atoms with E-state index in [1.165, 1.54) is 17.2 Å². The summed E-state index contributed by atoms with van der Waals surface area (Å²) in [6, 6.07) is 21.4. The SMILES string of the molecule is CC(C(=O)N1CCc2ccccc2C1)c1cccc(C[C@@H](C)NC[C@@H](O)c2ccc(O)c(CO)c2)c1. The van der Waals surface area contributed by atoms with Crippen molar-refractivity contribution in [2.24, 2.45) is 0 Å². The van der Waals surface area contributed by atoms with Gasteiger partial charge < -0.3 is 25.5 Å². The van der Waals surface area contributed by atoms with Gasteiger partial charge in [-0.2, -0.15) is 0 Å². The van der Waals surface area contributed by atoms with Gasteiger partial charge in [-0.3, -0.25) is 4.79 Å². The standard InChI is InChI=1S/C30H36N2O4/c1-20(31-17-29(35)25-10-11-28(34)27(16-25)19-33)14-22-6-5-9-24(15-22)21(2)30(36)32-13-12-23-7-3-4-8-26(23)18-32/h3-11,15-16,20-21,29,31,33-35H,12-14,17-19H2,1-2H3/t20-,21?,29-/m1/s1. The van der Waals surface area contributed by atoms with Crippen LogP contribution in [0, 0.1) is 0 Å². The van der Waals surface area contributed by atoms with Crippen LogP contribution in [0.1, 0.15) is 59.3 Å². The molecule has 6 nitrogen and oxygen atoms in total. The molecule has 0 bridgehead atoms. The molecular formula is C30H36N2O4. The topological polar surface area (TPSA) is 93.0 Å². The Morgan fingerprint density at radius 1 is 1.00 bits per heavy atom. The molecule has 6 heteroatoms. The van der Waals surface area contributed by atoms with Crippen LogP contribution in [-0.2, 0) is 30.8 Å². The van der Waals surface area contributed by atoms with Crippen LogP contribution in [-0.4, -0.2) is 45.3 Å². The van der Waals surface area contributed by atoms with Crippen LogP contribution in [0.3, 0.4) is 0 Å². The highest BCUT2D eigenvalue weighted by Crippen LogP contribution is 2.25. The fourth-order valence-corrected chi connectivity index (χ4v) is 4.89. The van der Waals surface area contributed by atoms with Gasteiger partial charge in [0.15, 0.2) is 0 Å². The Hall–Kier alpha value is -3.19. The van der Waals surface area contributed by atoms with E-state index in [0.29, 0.717) is 24.2 Å². The van der Waals surface area contributed by atoms with Crippen molar-refractivity contribution in [3.63, 3.8) is 0 Å². The van der Waals surface area contributed by atoms with Crippen LogP contribution in [0.4, 0.5) is 0 Å². The molecule has 3 atom stereocenters. The minimum absolute atomic E-state index is 0.0208. The van der Waals surface area contributed by atoms with Gasteiger partial charge in [-0.1, -0.05) is 54.6 Å². The summed E-state index contributed by atoms with van der Waals surface area (Å²) in [6.45, 7) is 5.54. The zero-order valence-corrected chi connectivity index (χ0v) is 21.0. The highest BCUT2D eigenvalue weighted by atomic mass is 16.3. The number of nitrogens with one attached hydrogen (secondary N) is 1. The minimum atomic E-state index is -0.753. The number of nitrogens with zero attached hydrogens (tertiary/aromatic N) is 1. The second-order valence-electron chi connectivity index (χ2n) is 9.82. The second kappa shape index (κ2) is 11.7. The lowest BCUT2D eigenvalue weighted by molar-refractivity contribution is -0.133. The summed E-state index contributed by atoms with van der Waals surface area (Å²) in [7, 11) is 0. The molecule has 1 unspecified atom stereocenters. The summed E-state index contributed by atoms with van der Waals surface area (Å²) in [6.07, 6.45) is 0.905. The van der Waals surface area contributed by atoms with Gasteiger partial charge in [0, 0.05) is 31.2 Å². The number of carbonyl (C=O) groups excluding carboxylic acids is 1. The van der Waals surface area contributed by atoms with Crippen molar-refractivity contribution in [3.8, 4) is 5.75 Å². The highest BCUT2D eigenvalue weighted by molar-refractivity contribution is 5.83. The summed E-state index contributed by atoms with van der Waals surface area (Å²) in [4.78, 5) is 15.2. The van der Waals surface area contributed by atoms with Crippen molar-refractivity contribution in [2.75, 3.05) is 13.1 Å². The Labute approximate surface area is 213 Å². The van der Waals surface area contributed by atoms with Gasteiger partial charge in [-0.05, 0) is 66.6 Å². The Morgan fingerprint density at radius 3 is 2.56 bits per heavy atom. The quantitative estimate of drug-likeness (QED) is 0.367. The third kappa shape index (κ3) is 6.13. The predicted octanol–water partition coefficient (Wildman–Crippen LogP) is 3.83. The van der Waals surface area contributed by atoms with E-state index in [9.17, 15) is 20.1 Å². The zero-order valence-electron chi connectivity index (χ0n) is 21.0. The molecule has 0 radical (unpaired) electrons. The van der Waals surface area contributed by atoms with E-state index in [0.717, 1.165) is 30.5 Å². The molecule has 0 saturated carbocycles. The number of benzene rings is 3. The fourth-order valence-electron chi connectivity index (χ4n) is 4.89. The first-order valence-electron chi connectivity index (χ1n) is 12.6. The molecule has 1 heterocycles. The number of aliphatic hydroxyl groups excluding tert-OH is 2. The first kappa shape index (κ1) is 25.9. The fraction of sp³-hybridized carbons (Fsp3) is 0.367. The third-order valence-electron chi connectivity index (χ3n) is 7.12. The molecule has 0 saturated heterocycles. The summed E-state index contributed by atoms with van der Waals surface area (Å²) >= 11 is 0. The summed E-state index contributed by atoms with van der Waals surface area (Å²) in [5.41, 5.74) is 5.77. The third-order valence-corrected chi connectivity index (χ3v) is 7.12. The number of hydrogen-bond donors (Lipinski definition) is 4. The highest BCUT2D eigenvalue weighted by Gasteiger charge is 2.25. The number of fused-ring (bicyclic) bond motifs is 1. The average molecular weight is 489 g/mol. The van der Waals surface area contributed by atoms with Crippen molar-refractivity contribution >= 4 is 5.91 Å². The Bertz CT molecular complexity index is 1200. The van der Waals surface area contributed by atoms with E-state index in [4.69, 9.17) is 0 Å². The van der Waals surface area contributed by atoms with Crippen LogP contribution in [0.2, 0.25) is 0 Å². The van der Waals surface area contributed by atoms with E-state index < -0.39 is 6.10 Å². The maximum atomic E-state index is 13.3. The molecule has 3 aromatic rings. The smallest absolute Gasteiger partial charge is 0.230 e. The summed E-state index contributed by atoms with van der Waals surface area (Å²) in [5.74, 6) is -0.0323. The van der Waals surface area contributed by atoms with E-state index in [1.54, 1.807) is 12.1 Å². The Balaban J connectivity index is 1.33. The molecule has 4 rings (SSSR count). The van der Waals surface area contributed by atoms with Crippen molar-refractivity contribution in [1.82, 2.24) is 10.2 Å². The lowest BCUT2D eigenvalue weighted by Crippen LogP contribution is -2.38. The maximum absolute atomic E-state index is 13.3. The van der Waals surface area contributed by atoms with Gasteiger partial charge in [0.2, 0.25) is 5.91 Å². The van der Waals surface area contributed by atoms with Crippen LogP contribution < -0.4 is 5.32 Å². The molecule has 1 aliphatic heterocycles. The van der Waals surface area contributed by atoms with E-state index in [2.05, 4.69) is 42.6 Å². The summed E-state index contributed by atoms with van der Waals surface area (Å²) < 4.78 is 0. The van der Waals surface area contributed by atoms with Crippen LogP contribution in [0.5, 0.6) is 5.75 Å². The molecule has 0 spiro atoms. The van der Waals surface area contributed by atoms with Crippen LogP contribution in [0.25, 0.3) is 0 Å². The van der Waals surface area contributed by atoms with Crippen LogP contribution in [0.15, 0.2) is 66.7 Å². The van der Waals surface area contributed by atoms with E-state index >= 15 is 0 Å². The first-order valence-corrected chi connectivity index (χ1v) is 12.6. The molecule has 0 aromatic heterocycles. The van der Waals surface area contributed by atoms with Crippen molar-refractivity contribution in [1.29, 1.82) is 0 Å². The number of aromatic hydroxyl groups is 1. The Kier molecular flexibility index (Phi) is 8.41. The van der Waals surface area contributed by atoms with Crippen molar-refractivity contribution < 1.29 is 20.1 Å². The van der Waals surface area contributed by atoms with Gasteiger partial charge in [-0.15, -0.1) is 0 Å². The van der Waals surface area contributed by atoms with Gasteiger partial charge >= 0.3 is 0 Å². The van der Waals surface area contributed by atoms with Gasteiger partial charge in [0.1, 0.15) is 5.75 Å². The van der Waals surface area contributed by atoms with Gasteiger partial charge in [0.05, 0.1) is 18.6 Å². The molecule has 3 aromatic carbocycles. The van der Waals surface area contributed by atoms with Gasteiger partial charge in [0.25, 0.3) is 0 Å². The number of carbonyl (C=O) groups is 1. The number of hydrogen-bond acceptors (Lipinski definition) is 5. The molecule has 190 valence electrons. The first-order chi connectivity index (χ1) is 17.4. The van der Waals surface area contributed by atoms with E-state index in [1.807, 2.05) is 30.0 Å². The summed E-state index contributed by atoms with van der Waals surface area (Å²) in [5, 5.41) is 33.0. The molecule has 1 aliphatic rings. The Morgan fingerprint density at radius 2 is 1.78 bits per heavy atom. The van der Waals surface area contributed by atoms with Crippen molar-refractivity contribution in [3.05, 3.63) is 100 Å². The molecule has 0 aliphatic carbocycles. The monoisotopic (exact) mass is 488 g/mol. The normalized spacial score (nSPS) is 15.7. The zero-order chi connectivity index (χ0) is 25.7. The van der Waals surface area contributed by atoms with Gasteiger partial charge in [-0.25, -0.2) is 0 Å². The van der Waals surface area contributed by atoms with Crippen molar-refractivity contribution in [2.45, 2.75) is 57.9 Å². The molecule has 1 amide bonds. The van der Waals surface area contributed by atoms with E-state index in [-0.39, 0.29) is 30.2 Å². The molecule has 36 heavy (non-hydrogen) atoms. The minimum Gasteiger partial charge on any atom is -0.508 e. The average Bonchev–Trinajstić information content (AvgIpc) is 2.91.